The third kappa shape index (κ3) is 5.55. The Kier molecular flexibility index (Phi) is 7.94. The molecule has 2 aliphatic rings. The molecule has 2 aliphatic heterocycles. The largest absolute Gasteiger partial charge is 0.393 e. The number of aryl methyl sites for hydroxylation is 1. The third-order valence-corrected chi connectivity index (χ3v) is 10.3. The number of rotatable bonds is 6. The fourth-order valence-electron chi connectivity index (χ4n) is 6.03. The van der Waals surface area contributed by atoms with Crippen LogP contribution in [0.5, 0.6) is 0 Å². The number of thioether (sulfide) groups is 1. The van der Waals surface area contributed by atoms with Crippen molar-refractivity contribution in [1.29, 1.82) is 0 Å². The zero-order chi connectivity index (χ0) is 28.7. The molecule has 1 aromatic heterocycles. The van der Waals surface area contributed by atoms with Crippen molar-refractivity contribution in [2.24, 2.45) is 0 Å². The number of carbonyl (C=O) groups is 2. The van der Waals surface area contributed by atoms with Gasteiger partial charge in [0.05, 0.1) is 18.6 Å². The maximum Gasteiger partial charge on any atom is 0.242 e. The lowest BCUT2D eigenvalue weighted by Crippen LogP contribution is -2.52. The Labute approximate surface area is 257 Å². The number of aliphatic hydroxyl groups is 1. The molecule has 9 heteroatoms. The Bertz CT molecular complexity index is 1580. The molecule has 2 atom stereocenters. The number of nitrogens with zero attached hydrogens (tertiary/aromatic N) is 2. The molecule has 212 valence electrons. The number of aromatic nitrogens is 1. The minimum Gasteiger partial charge on any atom is -0.393 e. The normalized spacial score (nSPS) is 21.7. The number of benzene rings is 3. The van der Waals surface area contributed by atoms with Crippen molar-refractivity contribution in [3.63, 3.8) is 0 Å². The van der Waals surface area contributed by atoms with Crippen molar-refractivity contribution in [2.75, 3.05) is 13.1 Å². The number of hydrogen-bond acceptors (Lipinski definition) is 4. The molecule has 6 nitrogen and oxygen atoms in total. The topological polar surface area (TPSA) is 76.6 Å². The van der Waals surface area contributed by atoms with E-state index in [1.54, 1.807) is 0 Å². The van der Waals surface area contributed by atoms with Gasteiger partial charge in [-0.05, 0) is 61.7 Å². The highest BCUT2D eigenvalue weighted by Gasteiger charge is 2.59. The van der Waals surface area contributed by atoms with E-state index in [9.17, 15) is 14.7 Å². The van der Waals surface area contributed by atoms with Gasteiger partial charge in [-0.25, -0.2) is 0 Å². The maximum absolute atomic E-state index is 14.8. The van der Waals surface area contributed by atoms with E-state index in [4.69, 9.17) is 11.6 Å². The van der Waals surface area contributed by atoms with E-state index < -0.39 is 16.9 Å². The van der Waals surface area contributed by atoms with Gasteiger partial charge in [-0.15, -0.1) is 11.8 Å². The summed E-state index contributed by atoms with van der Waals surface area (Å²) in [5.41, 5.74) is 3.87. The lowest BCUT2D eigenvalue weighted by Gasteiger charge is -2.41. The summed E-state index contributed by atoms with van der Waals surface area (Å²) >= 11 is 11.3. The van der Waals surface area contributed by atoms with E-state index in [-0.39, 0.29) is 18.2 Å². The standard InChI is InChI=1S/C32H31BrClN3O3S/c1-20-2-9-25(10-3-20)41-32(31(40)36-14-12-24(38)13-15-36)17-29(39)37(19-21-4-6-22(33)7-5-21)30(32)27-18-35-28-16-23(34)8-11-26(27)28/h2-11,16,18,24,30,35,38H,12-15,17,19H2,1H3/t30?,32-/m0/s1. The summed E-state index contributed by atoms with van der Waals surface area (Å²) in [7, 11) is 0. The number of likely N-dealkylation sites (tertiary alicyclic amines) is 2. The summed E-state index contributed by atoms with van der Waals surface area (Å²) in [4.78, 5) is 36.9. The molecule has 41 heavy (non-hydrogen) atoms. The second kappa shape index (κ2) is 11.5. The van der Waals surface area contributed by atoms with Crippen molar-refractivity contribution >= 4 is 62.0 Å². The molecule has 0 bridgehead atoms. The first-order valence-electron chi connectivity index (χ1n) is 13.8. The first-order valence-corrected chi connectivity index (χ1v) is 15.8. The number of aromatic amines is 1. The van der Waals surface area contributed by atoms with Crippen LogP contribution in [0.15, 0.2) is 82.3 Å². The van der Waals surface area contributed by atoms with Gasteiger partial charge in [0.1, 0.15) is 4.75 Å². The van der Waals surface area contributed by atoms with Crippen LogP contribution in [-0.4, -0.2) is 55.6 Å². The number of fused-ring (bicyclic) bond motifs is 1. The number of piperidine rings is 1. The Morgan fingerprint density at radius 3 is 2.51 bits per heavy atom. The molecule has 2 amide bonds. The van der Waals surface area contributed by atoms with Gasteiger partial charge in [-0.1, -0.05) is 63.4 Å². The van der Waals surface area contributed by atoms with Crippen LogP contribution in [0.3, 0.4) is 0 Å². The summed E-state index contributed by atoms with van der Waals surface area (Å²) in [5.74, 6) is -0.124. The van der Waals surface area contributed by atoms with Crippen LogP contribution in [-0.2, 0) is 16.1 Å². The molecule has 2 fully saturated rings. The molecule has 2 N–H and O–H groups in total. The number of aliphatic hydroxyl groups excluding tert-OH is 1. The van der Waals surface area contributed by atoms with Gasteiger partial charge in [-0.3, -0.25) is 9.59 Å². The van der Waals surface area contributed by atoms with E-state index in [1.165, 1.54) is 11.8 Å². The average molecular weight is 653 g/mol. The van der Waals surface area contributed by atoms with Gasteiger partial charge in [0.15, 0.2) is 0 Å². The zero-order valence-corrected chi connectivity index (χ0v) is 25.8. The summed E-state index contributed by atoms with van der Waals surface area (Å²) in [6, 6.07) is 21.2. The van der Waals surface area contributed by atoms with Gasteiger partial charge in [0, 0.05) is 56.7 Å². The van der Waals surface area contributed by atoms with E-state index in [1.807, 2.05) is 89.7 Å². The predicted octanol–water partition coefficient (Wildman–Crippen LogP) is 6.88. The summed E-state index contributed by atoms with van der Waals surface area (Å²) in [6.45, 7) is 3.34. The van der Waals surface area contributed by atoms with Gasteiger partial charge >= 0.3 is 0 Å². The number of carbonyl (C=O) groups excluding carboxylic acids is 2. The Balaban J connectivity index is 1.52. The first-order chi connectivity index (χ1) is 19.7. The maximum atomic E-state index is 14.8. The summed E-state index contributed by atoms with van der Waals surface area (Å²) < 4.78 is -0.149. The SMILES string of the molecule is Cc1ccc(S[C@@]2(C(=O)N3CCC(O)CC3)CC(=O)N(Cc3ccc(Br)cc3)C2c2c[nH]c3cc(Cl)ccc23)cc1. The highest BCUT2D eigenvalue weighted by molar-refractivity contribution is 9.10. The van der Waals surface area contributed by atoms with Crippen LogP contribution in [0, 0.1) is 6.92 Å². The number of halogens is 2. The van der Waals surface area contributed by atoms with Crippen LogP contribution in [0.4, 0.5) is 0 Å². The molecule has 2 saturated heterocycles. The first kappa shape index (κ1) is 28.3. The molecule has 0 spiro atoms. The lowest BCUT2D eigenvalue weighted by molar-refractivity contribution is -0.136. The molecular formula is C32H31BrClN3O3S. The lowest BCUT2D eigenvalue weighted by atomic mass is 9.89. The van der Waals surface area contributed by atoms with Crippen LogP contribution < -0.4 is 0 Å². The number of nitrogens with one attached hydrogen (secondary N) is 1. The van der Waals surface area contributed by atoms with Crippen molar-refractivity contribution in [3.8, 4) is 0 Å². The fraction of sp³-hybridized carbons (Fsp3) is 0.312. The van der Waals surface area contributed by atoms with Gasteiger partial charge in [0.25, 0.3) is 0 Å². The van der Waals surface area contributed by atoms with Gasteiger partial charge in [0.2, 0.25) is 11.8 Å². The molecule has 3 aromatic carbocycles. The summed E-state index contributed by atoms with van der Waals surface area (Å²) in [6.07, 6.45) is 2.66. The monoisotopic (exact) mass is 651 g/mol. The van der Waals surface area contributed by atoms with Gasteiger partial charge in [-0.2, -0.15) is 0 Å². The molecular weight excluding hydrogens is 622 g/mol. The fourth-order valence-corrected chi connectivity index (χ4v) is 7.94. The zero-order valence-electron chi connectivity index (χ0n) is 22.6. The molecule has 0 aliphatic carbocycles. The Morgan fingerprint density at radius 2 is 1.80 bits per heavy atom. The van der Waals surface area contributed by atoms with Crippen molar-refractivity contribution in [1.82, 2.24) is 14.8 Å². The molecule has 6 rings (SSSR count). The quantitative estimate of drug-likeness (QED) is 0.238. The van der Waals surface area contributed by atoms with E-state index >= 15 is 0 Å². The van der Waals surface area contributed by atoms with Gasteiger partial charge < -0.3 is 19.9 Å². The van der Waals surface area contributed by atoms with E-state index in [0.29, 0.717) is 37.5 Å². The molecule has 1 unspecified atom stereocenters. The number of amides is 2. The second-order valence-corrected chi connectivity index (χ2v) is 13.7. The highest BCUT2D eigenvalue weighted by Crippen LogP contribution is 2.55. The van der Waals surface area contributed by atoms with Crippen LogP contribution >= 0.6 is 39.3 Å². The Morgan fingerprint density at radius 1 is 1.10 bits per heavy atom. The minimum absolute atomic E-state index is 0.0602. The van der Waals surface area contributed by atoms with Crippen molar-refractivity contribution < 1.29 is 14.7 Å². The second-order valence-electron chi connectivity index (χ2n) is 11.0. The van der Waals surface area contributed by atoms with Crippen molar-refractivity contribution in [2.45, 2.75) is 54.5 Å². The van der Waals surface area contributed by atoms with Crippen LogP contribution in [0.1, 0.15) is 42.0 Å². The summed E-state index contributed by atoms with van der Waals surface area (Å²) in [5, 5.41) is 11.7. The van der Waals surface area contributed by atoms with Crippen LogP contribution in [0.25, 0.3) is 10.9 Å². The number of hydrogen-bond donors (Lipinski definition) is 2. The van der Waals surface area contributed by atoms with E-state index in [2.05, 4.69) is 20.9 Å². The molecule has 0 radical (unpaired) electrons. The predicted molar refractivity (Wildman–Crippen MR) is 167 cm³/mol. The highest BCUT2D eigenvalue weighted by atomic mass is 79.9. The van der Waals surface area contributed by atoms with Crippen LogP contribution in [0.2, 0.25) is 5.02 Å². The molecule has 3 heterocycles. The smallest absolute Gasteiger partial charge is 0.242 e. The van der Waals surface area contributed by atoms with E-state index in [0.717, 1.165) is 37.0 Å². The average Bonchev–Trinajstić information content (AvgIpc) is 3.48. The third-order valence-electron chi connectivity index (χ3n) is 8.16. The number of H-pyrrole nitrogens is 1. The molecule has 0 saturated carbocycles. The molecule has 4 aromatic rings. The Hall–Kier alpha value is -2.78. The van der Waals surface area contributed by atoms with Crippen molar-refractivity contribution in [3.05, 3.63) is 99.1 Å². The minimum atomic E-state index is -1.11.